The number of nitrogens with two attached hydrogens (primary N) is 1. The first kappa shape index (κ1) is 11.7. The molecule has 17 heavy (non-hydrogen) atoms. The van der Waals surface area contributed by atoms with Gasteiger partial charge in [-0.05, 0) is 23.6 Å². The summed E-state index contributed by atoms with van der Waals surface area (Å²) in [5, 5.41) is 3.06. The van der Waals surface area contributed by atoms with Crippen molar-refractivity contribution >= 4 is 38.8 Å². The molecule has 88 valence electrons. The van der Waals surface area contributed by atoms with Crippen molar-refractivity contribution in [1.29, 1.82) is 0 Å². The van der Waals surface area contributed by atoms with Gasteiger partial charge in [0.2, 0.25) is 5.91 Å². The molecule has 0 unspecified atom stereocenters. The van der Waals surface area contributed by atoms with Crippen LogP contribution < -0.4 is 11.1 Å². The number of carbonyl (C=O) groups is 2. The third-order valence-electron chi connectivity index (χ3n) is 2.31. The summed E-state index contributed by atoms with van der Waals surface area (Å²) in [6.07, 6.45) is 1.79. The van der Waals surface area contributed by atoms with E-state index in [2.05, 4.69) is 15.9 Å². The Bertz CT molecular complexity index is 591. The monoisotopic (exact) mass is 295 g/mol. The van der Waals surface area contributed by atoms with E-state index in [4.69, 9.17) is 5.73 Å². The highest BCUT2D eigenvalue weighted by atomic mass is 79.9. The van der Waals surface area contributed by atoms with Crippen molar-refractivity contribution in [3.8, 4) is 0 Å². The number of imide groups is 1. The molecule has 3 N–H and O–H groups in total. The van der Waals surface area contributed by atoms with Gasteiger partial charge < -0.3 is 10.3 Å². The number of rotatable bonds is 2. The van der Waals surface area contributed by atoms with Crippen LogP contribution in [0.5, 0.6) is 0 Å². The van der Waals surface area contributed by atoms with Crippen molar-refractivity contribution in [3.63, 3.8) is 0 Å². The molecule has 0 aliphatic rings. The molecule has 2 rings (SSSR count). The van der Waals surface area contributed by atoms with Gasteiger partial charge in [0.25, 0.3) is 0 Å². The van der Waals surface area contributed by atoms with Gasteiger partial charge in [0, 0.05) is 16.2 Å². The number of hydrogen-bond acceptors (Lipinski definition) is 2. The largest absolute Gasteiger partial charge is 0.351 e. The summed E-state index contributed by atoms with van der Waals surface area (Å²) in [7, 11) is 0. The first-order valence-corrected chi connectivity index (χ1v) is 5.69. The van der Waals surface area contributed by atoms with Crippen molar-refractivity contribution in [2.75, 3.05) is 0 Å². The minimum atomic E-state index is -0.840. The minimum absolute atomic E-state index is 0.0584. The summed E-state index contributed by atoms with van der Waals surface area (Å²) in [6, 6.07) is 6.84. The Morgan fingerprint density at radius 2 is 2.12 bits per heavy atom. The number of aromatic nitrogens is 1. The first-order chi connectivity index (χ1) is 8.06. The third kappa shape index (κ3) is 2.65. The van der Waals surface area contributed by atoms with Crippen molar-refractivity contribution < 1.29 is 9.59 Å². The van der Waals surface area contributed by atoms with Crippen molar-refractivity contribution in [3.05, 3.63) is 34.9 Å². The molecule has 0 aliphatic carbocycles. The van der Waals surface area contributed by atoms with E-state index in [1.807, 2.05) is 29.6 Å². The number of carbonyl (C=O) groups excluding carboxylic acids is 2. The van der Waals surface area contributed by atoms with Gasteiger partial charge in [-0.15, -0.1) is 0 Å². The summed E-state index contributed by atoms with van der Waals surface area (Å²) < 4.78 is 2.68. The number of fused-ring (bicyclic) bond motifs is 1. The van der Waals surface area contributed by atoms with E-state index in [1.165, 1.54) is 0 Å². The van der Waals surface area contributed by atoms with Crippen LogP contribution in [0.3, 0.4) is 0 Å². The molecule has 6 heteroatoms. The molecule has 1 aromatic heterocycles. The zero-order valence-corrected chi connectivity index (χ0v) is 10.4. The van der Waals surface area contributed by atoms with E-state index in [1.54, 1.807) is 10.8 Å². The normalized spacial score (nSPS) is 10.4. The molecule has 0 saturated carbocycles. The molecule has 0 saturated heterocycles. The number of benzene rings is 1. The van der Waals surface area contributed by atoms with Gasteiger partial charge in [-0.1, -0.05) is 22.0 Å². The van der Waals surface area contributed by atoms with Gasteiger partial charge in [0.05, 0.1) is 0 Å². The molecule has 0 bridgehead atoms. The Hall–Kier alpha value is -1.82. The molecule has 3 amide bonds. The second kappa shape index (κ2) is 4.58. The van der Waals surface area contributed by atoms with Crippen molar-refractivity contribution in [2.45, 2.75) is 6.54 Å². The van der Waals surface area contributed by atoms with Gasteiger partial charge in [0.15, 0.2) is 0 Å². The lowest BCUT2D eigenvalue weighted by molar-refractivity contribution is -0.120. The number of urea groups is 1. The molecular weight excluding hydrogens is 286 g/mol. The number of primary amides is 1. The molecule has 2 aromatic rings. The molecule has 5 nitrogen and oxygen atoms in total. The summed E-state index contributed by atoms with van der Waals surface area (Å²) in [5.41, 5.74) is 5.79. The molecule has 0 spiro atoms. The van der Waals surface area contributed by atoms with Crippen LogP contribution in [0, 0.1) is 0 Å². The summed E-state index contributed by atoms with van der Waals surface area (Å²) >= 11 is 3.37. The number of halogens is 1. The second-order valence-electron chi connectivity index (χ2n) is 3.56. The predicted octanol–water partition coefficient (Wildman–Crippen LogP) is 1.60. The Kier molecular flexibility index (Phi) is 3.14. The molecule has 0 fully saturated rings. The maximum Gasteiger partial charge on any atom is 0.318 e. The standard InChI is InChI=1S/C11H10BrN3O2/c12-8-2-1-7-3-4-15(9(7)5-8)6-10(16)14-11(13)17/h1-5H,6H2,(H3,13,14,16,17). The number of hydrogen-bond donors (Lipinski definition) is 2. The van der Waals surface area contributed by atoms with Gasteiger partial charge in [-0.2, -0.15) is 0 Å². The van der Waals surface area contributed by atoms with Crippen LogP contribution in [0.1, 0.15) is 0 Å². The number of nitrogens with zero attached hydrogens (tertiary/aromatic N) is 1. The van der Waals surface area contributed by atoms with Crippen LogP contribution in [0.15, 0.2) is 34.9 Å². The summed E-state index contributed by atoms with van der Waals surface area (Å²) in [5.74, 6) is -0.435. The van der Waals surface area contributed by atoms with Gasteiger partial charge >= 0.3 is 6.03 Å². The second-order valence-corrected chi connectivity index (χ2v) is 4.47. The lowest BCUT2D eigenvalue weighted by Gasteiger charge is -2.04. The fourth-order valence-corrected chi connectivity index (χ4v) is 1.98. The molecule has 0 aliphatic heterocycles. The average molecular weight is 296 g/mol. The molecule has 1 heterocycles. The lowest BCUT2D eigenvalue weighted by Crippen LogP contribution is -2.37. The average Bonchev–Trinajstić information content (AvgIpc) is 2.60. The van der Waals surface area contributed by atoms with Gasteiger partial charge in [-0.3, -0.25) is 10.1 Å². The van der Waals surface area contributed by atoms with E-state index < -0.39 is 11.9 Å². The van der Waals surface area contributed by atoms with Crippen LogP contribution in [0.4, 0.5) is 4.79 Å². The quantitative estimate of drug-likeness (QED) is 0.883. The maximum atomic E-state index is 11.4. The molecular formula is C11H10BrN3O2. The van der Waals surface area contributed by atoms with Gasteiger partial charge in [0.1, 0.15) is 6.54 Å². The smallest absolute Gasteiger partial charge is 0.318 e. The highest BCUT2D eigenvalue weighted by Gasteiger charge is 2.07. The van der Waals surface area contributed by atoms with E-state index in [0.29, 0.717) is 0 Å². The Labute approximate surface area is 106 Å². The van der Waals surface area contributed by atoms with Gasteiger partial charge in [-0.25, -0.2) is 4.79 Å². The van der Waals surface area contributed by atoms with E-state index in [9.17, 15) is 9.59 Å². The van der Waals surface area contributed by atoms with E-state index in [0.717, 1.165) is 15.4 Å². The van der Waals surface area contributed by atoms with E-state index >= 15 is 0 Å². The highest BCUT2D eigenvalue weighted by molar-refractivity contribution is 9.10. The van der Waals surface area contributed by atoms with Crippen molar-refractivity contribution in [2.24, 2.45) is 5.73 Å². The Morgan fingerprint density at radius 1 is 1.35 bits per heavy atom. The summed E-state index contributed by atoms with van der Waals surface area (Å²) in [6.45, 7) is 0.0584. The van der Waals surface area contributed by atoms with Crippen molar-refractivity contribution in [1.82, 2.24) is 9.88 Å². The fraction of sp³-hybridized carbons (Fsp3) is 0.0909. The van der Waals surface area contributed by atoms with Crippen LogP contribution in [-0.2, 0) is 11.3 Å². The van der Waals surface area contributed by atoms with Crippen LogP contribution >= 0.6 is 15.9 Å². The third-order valence-corrected chi connectivity index (χ3v) is 2.81. The van der Waals surface area contributed by atoms with E-state index in [-0.39, 0.29) is 6.54 Å². The molecule has 0 atom stereocenters. The zero-order chi connectivity index (χ0) is 12.4. The summed E-state index contributed by atoms with van der Waals surface area (Å²) in [4.78, 5) is 21.9. The lowest BCUT2D eigenvalue weighted by atomic mass is 10.2. The Balaban J connectivity index is 2.27. The Morgan fingerprint density at radius 3 is 2.82 bits per heavy atom. The topological polar surface area (TPSA) is 77.1 Å². The number of nitrogens with one attached hydrogen (secondary N) is 1. The predicted molar refractivity (Wildman–Crippen MR) is 67.4 cm³/mol. The SMILES string of the molecule is NC(=O)NC(=O)Cn1ccc2ccc(Br)cc21. The van der Waals surface area contributed by atoms with Crippen LogP contribution in [0.2, 0.25) is 0 Å². The zero-order valence-electron chi connectivity index (χ0n) is 8.81. The molecule has 1 aromatic carbocycles. The first-order valence-electron chi connectivity index (χ1n) is 4.90. The van der Waals surface area contributed by atoms with Crippen LogP contribution in [-0.4, -0.2) is 16.5 Å². The highest BCUT2D eigenvalue weighted by Crippen LogP contribution is 2.20. The maximum absolute atomic E-state index is 11.4. The number of amides is 3. The van der Waals surface area contributed by atoms with Crippen LogP contribution in [0.25, 0.3) is 10.9 Å². The minimum Gasteiger partial charge on any atom is -0.351 e. The molecule has 0 radical (unpaired) electrons. The fourth-order valence-electron chi connectivity index (χ4n) is 1.63.